The maximum atomic E-state index is 10.5. The summed E-state index contributed by atoms with van der Waals surface area (Å²) in [5.74, 6) is 0.375. The number of aliphatic hydroxyl groups is 1. The molecule has 0 spiro atoms. The van der Waals surface area contributed by atoms with Crippen molar-refractivity contribution in [1.29, 1.82) is 0 Å². The quantitative estimate of drug-likeness (QED) is 0.261. The molecule has 28 heavy (non-hydrogen) atoms. The van der Waals surface area contributed by atoms with Gasteiger partial charge in [0.1, 0.15) is 5.75 Å². The zero-order chi connectivity index (χ0) is 20.2. The number of carboxylic acid groups (broad SMARTS) is 1. The Morgan fingerprint density at radius 3 is 2.46 bits per heavy atom. The van der Waals surface area contributed by atoms with E-state index in [0.717, 1.165) is 50.7 Å². The number of carboxylic acids is 1. The van der Waals surface area contributed by atoms with Crippen molar-refractivity contribution < 1.29 is 25.0 Å². The van der Waals surface area contributed by atoms with Crippen molar-refractivity contribution in [3.8, 4) is 5.75 Å². The second-order valence-electron chi connectivity index (χ2n) is 7.64. The summed E-state index contributed by atoms with van der Waals surface area (Å²) in [4.78, 5) is 10.5. The van der Waals surface area contributed by atoms with Crippen molar-refractivity contribution in [2.75, 3.05) is 6.61 Å². The molecule has 1 aliphatic carbocycles. The van der Waals surface area contributed by atoms with E-state index in [1.54, 1.807) is 0 Å². The first-order valence-corrected chi connectivity index (χ1v) is 10.4. The number of hydrogen-bond acceptors (Lipinski definition) is 5. The number of hydrogen-bond donors (Lipinski definition) is 3. The predicted molar refractivity (Wildman–Crippen MR) is 108 cm³/mol. The fourth-order valence-electron chi connectivity index (χ4n) is 4.10. The van der Waals surface area contributed by atoms with Crippen LogP contribution in [-0.4, -0.2) is 39.8 Å². The molecule has 1 fully saturated rings. The summed E-state index contributed by atoms with van der Waals surface area (Å²) < 4.78 is 5.72. The summed E-state index contributed by atoms with van der Waals surface area (Å²) in [6, 6.07) is 9.74. The van der Waals surface area contributed by atoms with Crippen LogP contribution in [0.2, 0.25) is 0 Å². The summed E-state index contributed by atoms with van der Waals surface area (Å²) in [6.07, 6.45) is 7.42. The third-order valence-corrected chi connectivity index (χ3v) is 5.59. The lowest BCUT2D eigenvalue weighted by atomic mass is 9.85. The second kappa shape index (κ2) is 12.4. The minimum atomic E-state index is -0.744. The largest absolute Gasteiger partial charge is 0.494 e. The van der Waals surface area contributed by atoms with E-state index in [1.165, 1.54) is 0 Å². The third kappa shape index (κ3) is 7.50. The number of rotatable bonds is 13. The molecule has 1 aliphatic rings. The first-order chi connectivity index (χ1) is 13.6. The molecule has 6 nitrogen and oxygen atoms in total. The van der Waals surface area contributed by atoms with E-state index in [4.69, 9.17) is 9.84 Å². The van der Waals surface area contributed by atoms with E-state index in [0.29, 0.717) is 25.2 Å². The number of oxime groups is 1. The van der Waals surface area contributed by atoms with Crippen LogP contribution in [0.1, 0.15) is 64.2 Å². The molecule has 6 heteroatoms. The van der Waals surface area contributed by atoms with E-state index in [2.05, 4.69) is 5.16 Å². The monoisotopic (exact) mass is 391 g/mol. The number of aliphatic hydroxyl groups excluding tert-OH is 1. The van der Waals surface area contributed by atoms with E-state index in [9.17, 15) is 15.1 Å². The van der Waals surface area contributed by atoms with Crippen LogP contribution in [0.25, 0.3) is 0 Å². The summed E-state index contributed by atoms with van der Waals surface area (Å²) in [5, 5.41) is 31.8. The van der Waals surface area contributed by atoms with E-state index in [1.807, 2.05) is 30.3 Å². The van der Waals surface area contributed by atoms with Crippen LogP contribution < -0.4 is 4.74 Å². The highest BCUT2D eigenvalue weighted by Gasteiger charge is 2.39. The number of ether oxygens (including phenoxy) is 1. The van der Waals surface area contributed by atoms with Gasteiger partial charge in [-0.25, -0.2) is 0 Å². The fraction of sp³-hybridized carbons (Fsp3) is 0.636. The molecule has 0 aliphatic heterocycles. The molecule has 1 unspecified atom stereocenters. The van der Waals surface area contributed by atoms with Crippen LogP contribution in [0.4, 0.5) is 0 Å². The molecule has 1 saturated carbocycles. The Kier molecular flexibility index (Phi) is 9.83. The Morgan fingerprint density at radius 1 is 1.04 bits per heavy atom. The molecule has 0 aromatic heterocycles. The predicted octanol–water partition coefficient (Wildman–Crippen LogP) is 4.49. The minimum Gasteiger partial charge on any atom is -0.494 e. The number of nitrogens with zero attached hydrogens (tertiary/aromatic N) is 1. The van der Waals surface area contributed by atoms with Gasteiger partial charge in [0.25, 0.3) is 0 Å². The number of aliphatic carboxylic acids is 1. The standard InChI is InChI=1S/C22H33NO5/c24-21-16-20(23-27)18(19(21)13-6-1-2-7-14-22(25)26)12-8-9-15-28-17-10-4-3-5-11-17/h3-5,10-11,18-19,21,24,27H,1-2,6-9,12-16H2,(H,25,26)/b23-20-/t18-,19-,21?/m1/s1. The molecule has 1 aromatic rings. The molecule has 3 atom stereocenters. The van der Waals surface area contributed by atoms with Crippen LogP contribution in [0.3, 0.4) is 0 Å². The van der Waals surface area contributed by atoms with Crippen molar-refractivity contribution in [2.45, 2.75) is 70.3 Å². The molecule has 0 saturated heterocycles. The third-order valence-electron chi connectivity index (χ3n) is 5.59. The maximum Gasteiger partial charge on any atom is 0.303 e. The van der Waals surface area contributed by atoms with Gasteiger partial charge in [0.2, 0.25) is 0 Å². The summed E-state index contributed by atoms with van der Waals surface area (Å²) >= 11 is 0. The highest BCUT2D eigenvalue weighted by atomic mass is 16.5. The van der Waals surface area contributed by atoms with Crippen molar-refractivity contribution in [3.05, 3.63) is 30.3 Å². The van der Waals surface area contributed by atoms with E-state index >= 15 is 0 Å². The lowest BCUT2D eigenvalue weighted by molar-refractivity contribution is -0.137. The van der Waals surface area contributed by atoms with Gasteiger partial charge in [-0.3, -0.25) is 4.79 Å². The minimum absolute atomic E-state index is 0.121. The first kappa shape index (κ1) is 22.2. The highest BCUT2D eigenvalue weighted by Crippen LogP contribution is 2.37. The fourth-order valence-corrected chi connectivity index (χ4v) is 4.10. The first-order valence-electron chi connectivity index (χ1n) is 10.4. The van der Waals surface area contributed by atoms with Gasteiger partial charge in [0.15, 0.2) is 0 Å². The summed E-state index contributed by atoms with van der Waals surface area (Å²) in [7, 11) is 0. The van der Waals surface area contributed by atoms with Crippen LogP contribution in [-0.2, 0) is 4.79 Å². The van der Waals surface area contributed by atoms with E-state index in [-0.39, 0.29) is 18.3 Å². The Morgan fingerprint density at radius 2 is 1.75 bits per heavy atom. The van der Waals surface area contributed by atoms with Crippen LogP contribution in [0.15, 0.2) is 35.5 Å². The van der Waals surface area contributed by atoms with E-state index < -0.39 is 12.1 Å². The Balaban J connectivity index is 1.69. The van der Waals surface area contributed by atoms with Crippen molar-refractivity contribution in [3.63, 3.8) is 0 Å². The second-order valence-corrected chi connectivity index (χ2v) is 7.64. The number of carbonyl (C=O) groups is 1. The number of unbranched alkanes of at least 4 members (excludes halogenated alkanes) is 4. The zero-order valence-corrected chi connectivity index (χ0v) is 16.5. The molecule has 156 valence electrons. The lowest BCUT2D eigenvalue weighted by Gasteiger charge is -2.21. The molecule has 2 rings (SSSR count). The van der Waals surface area contributed by atoms with Gasteiger partial charge in [-0.15, -0.1) is 0 Å². The van der Waals surface area contributed by atoms with Crippen LogP contribution in [0.5, 0.6) is 5.75 Å². The molecule has 0 amide bonds. The van der Waals surface area contributed by atoms with Gasteiger partial charge in [-0.1, -0.05) is 42.6 Å². The molecular weight excluding hydrogens is 358 g/mol. The van der Waals surface area contributed by atoms with Crippen molar-refractivity contribution in [1.82, 2.24) is 0 Å². The lowest BCUT2D eigenvalue weighted by Crippen LogP contribution is -2.21. The van der Waals surface area contributed by atoms with Gasteiger partial charge < -0.3 is 20.2 Å². The van der Waals surface area contributed by atoms with Crippen molar-refractivity contribution >= 4 is 11.7 Å². The summed E-state index contributed by atoms with van der Waals surface area (Å²) in [6.45, 7) is 0.652. The van der Waals surface area contributed by atoms with Crippen molar-refractivity contribution in [2.24, 2.45) is 17.0 Å². The summed E-state index contributed by atoms with van der Waals surface area (Å²) in [5.41, 5.74) is 0.715. The van der Waals surface area contributed by atoms with Gasteiger partial charge in [-0.05, 0) is 50.2 Å². The number of benzene rings is 1. The van der Waals surface area contributed by atoms with Gasteiger partial charge in [0, 0.05) is 18.8 Å². The maximum absolute atomic E-state index is 10.5. The molecular formula is C22H33NO5. The average Bonchev–Trinajstić information content (AvgIpc) is 2.99. The van der Waals surface area contributed by atoms with Crippen LogP contribution in [0, 0.1) is 11.8 Å². The molecule has 0 heterocycles. The topological polar surface area (TPSA) is 99.4 Å². The smallest absolute Gasteiger partial charge is 0.303 e. The SMILES string of the molecule is O=C(O)CCCCCC[C@H]1C(O)C/C(=N/O)[C@@H]1CCCCOc1ccccc1. The van der Waals surface area contributed by atoms with Gasteiger partial charge >= 0.3 is 5.97 Å². The Hall–Kier alpha value is -2.08. The molecule has 0 bridgehead atoms. The highest BCUT2D eigenvalue weighted by molar-refractivity contribution is 5.89. The van der Waals surface area contributed by atoms with Gasteiger partial charge in [-0.2, -0.15) is 0 Å². The zero-order valence-electron chi connectivity index (χ0n) is 16.5. The Labute approximate surface area is 167 Å². The Bertz CT molecular complexity index is 604. The number of para-hydroxylation sites is 1. The molecule has 3 N–H and O–H groups in total. The average molecular weight is 392 g/mol. The van der Waals surface area contributed by atoms with Crippen LogP contribution >= 0.6 is 0 Å². The molecule has 0 radical (unpaired) electrons. The normalized spacial score (nSPS) is 23.2. The van der Waals surface area contributed by atoms with Gasteiger partial charge in [0.05, 0.1) is 18.4 Å². The molecule has 1 aromatic carbocycles.